The van der Waals surface area contributed by atoms with Crippen molar-refractivity contribution >= 4 is 5.97 Å². The lowest BCUT2D eigenvalue weighted by molar-refractivity contribution is -0.151. The first-order valence-electron chi connectivity index (χ1n) is 8.58. The average Bonchev–Trinajstić information content (AvgIpc) is 2.55. The van der Waals surface area contributed by atoms with Gasteiger partial charge in [-0.1, -0.05) is 44.4 Å². The minimum atomic E-state index is -0.0414. The van der Waals surface area contributed by atoms with E-state index in [1.807, 2.05) is 18.2 Å². The first-order chi connectivity index (χ1) is 10.8. The van der Waals surface area contributed by atoms with Gasteiger partial charge in [-0.25, -0.2) is 0 Å². The van der Waals surface area contributed by atoms with Crippen LogP contribution in [0.1, 0.15) is 69.8 Å². The molecule has 0 amide bonds. The van der Waals surface area contributed by atoms with Crippen molar-refractivity contribution in [3.05, 3.63) is 29.8 Å². The standard InChI is InChI=1S/C19H28O3/c1-3-4-5-14-19(20)22-18-13-9-7-11-16(18)15-10-6-8-12-17(15)21-2/h6,8,10,12,16,18H,3-5,7,9,11,13-14H2,1-2H3/t16-,18+/m1/s1. The molecule has 0 N–H and O–H groups in total. The van der Waals surface area contributed by atoms with Gasteiger partial charge < -0.3 is 9.47 Å². The third kappa shape index (κ3) is 4.49. The van der Waals surface area contributed by atoms with E-state index in [9.17, 15) is 4.79 Å². The Morgan fingerprint density at radius 1 is 1.18 bits per heavy atom. The number of esters is 1. The molecule has 0 aromatic heterocycles. The van der Waals surface area contributed by atoms with Crippen LogP contribution >= 0.6 is 0 Å². The van der Waals surface area contributed by atoms with Gasteiger partial charge in [0.25, 0.3) is 0 Å². The molecule has 0 aliphatic heterocycles. The lowest BCUT2D eigenvalue weighted by Crippen LogP contribution is -2.29. The number of benzene rings is 1. The van der Waals surface area contributed by atoms with Gasteiger partial charge in [0.2, 0.25) is 0 Å². The summed E-state index contributed by atoms with van der Waals surface area (Å²) >= 11 is 0. The summed E-state index contributed by atoms with van der Waals surface area (Å²) in [6.45, 7) is 2.14. The highest BCUT2D eigenvalue weighted by Gasteiger charge is 2.31. The van der Waals surface area contributed by atoms with Gasteiger partial charge in [-0.2, -0.15) is 0 Å². The van der Waals surface area contributed by atoms with Crippen molar-refractivity contribution < 1.29 is 14.3 Å². The van der Waals surface area contributed by atoms with E-state index >= 15 is 0 Å². The number of para-hydroxylation sites is 1. The summed E-state index contributed by atoms with van der Waals surface area (Å²) in [4.78, 5) is 12.1. The Hall–Kier alpha value is -1.51. The van der Waals surface area contributed by atoms with Gasteiger partial charge in [0.1, 0.15) is 11.9 Å². The molecule has 1 aromatic rings. The van der Waals surface area contributed by atoms with Gasteiger partial charge in [0.05, 0.1) is 7.11 Å². The minimum Gasteiger partial charge on any atom is -0.496 e. The average molecular weight is 304 g/mol. The fraction of sp³-hybridized carbons (Fsp3) is 0.632. The molecule has 1 aliphatic rings. The zero-order valence-corrected chi connectivity index (χ0v) is 13.8. The van der Waals surface area contributed by atoms with Crippen LogP contribution in [0.15, 0.2) is 24.3 Å². The molecule has 0 heterocycles. The molecular formula is C19H28O3. The normalized spacial score (nSPS) is 21.4. The van der Waals surface area contributed by atoms with Crippen molar-refractivity contribution in [1.82, 2.24) is 0 Å². The maximum atomic E-state index is 12.1. The van der Waals surface area contributed by atoms with Gasteiger partial charge in [-0.05, 0) is 31.7 Å². The molecule has 0 unspecified atom stereocenters. The van der Waals surface area contributed by atoms with Crippen LogP contribution in [-0.4, -0.2) is 19.2 Å². The molecule has 2 rings (SSSR count). The maximum Gasteiger partial charge on any atom is 0.306 e. The van der Waals surface area contributed by atoms with Gasteiger partial charge in [0, 0.05) is 17.9 Å². The predicted octanol–water partition coefficient (Wildman–Crippen LogP) is 4.84. The second-order valence-corrected chi connectivity index (χ2v) is 6.12. The van der Waals surface area contributed by atoms with Crippen LogP contribution in [0.25, 0.3) is 0 Å². The summed E-state index contributed by atoms with van der Waals surface area (Å²) in [7, 11) is 1.70. The molecule has 122 valence electrons. The highest BCUT2D eigenvalue weighted by atomic mass is 16.5. The molecule has 0 spiro atoms. The molecule has 1 aromatic carbocycles. The number of hydrogen-bond acceptors (Lipinski definition) is 3. The van der Waals surface area contributed by atoms with Crippen LogP contribution in [0.4, 0.5) is 0 Å². The second kappa shape index (κ2) is 8.82. The smallest absolute Gasteiger partial charge is 0.306 e. The first kappa shape index (κ1) is 16.9. The number of rotatable bonds is 7. The first-order valence-corrected chi connectivity index (χ1v) is 8.58. The summed E-state index contributed by atoms with van der Waals surface area (Å²) in [6, 6.07) is 8.11. The number of carbonyl (C=O) groups excluding carboxylic acids is 1. The van der Waals surface area contributed by atoms with E-state index in [1.54, 1.807) is 7.11 Å². The van der Waals surface area contributed by atoms with Crippen molar-refractivity contribution in [2.24, 2.45) is 0 Å². The zero-order chi connectivity index (χ0) is 15.8. The Bertz CT molecular complexity index is 470. The molecule has 1 fully saturated rings. The van der Waals surface area contributed by atoms with E-state index in [0.29, 0.717) is 6.42 Å². The van der Waals surface area contributed by atoms with E-state index in [0.717, 1.165) is 44.3 Å². The second-order valence-electron chi connectivity index (χ2n) is 6.12. The molecule has 1 aliphatic carbocycles. The Balaban J connectivity index is 2.03. The Morgan fingerprint density at radius 2 is 1.95 bits per heavy atom. The molecular weight excluding hydrogens is 276 g/mol. The monoisotopic (exact) mass is 304 g/mol. The van der Waals surface area contributed by atoms with Crippen molar-refractivity contribution in [2.75, 3.05) is 7.11 Å². The fourth-order valence-electron chi connectivity index (χ4n) is 3.31. The fourth-order valence-corrected chi connectivity index (χ4v) is 3.31. The third-order valence-electron chi connectivity index (χ3n) is 4.51. The largest absolute Gasteiger partial charge is 0.496 e. The van der Waals surface area contributed by atoms with Crippen LogP contribution in [0, 0.1) is 0 Å². The molecule has 3 nitrogen and oxygen atoms in total. The van der Waals surface area contributed by atoms with Crippen LogP contribution < -0.4 is 4.74 Å². The minimum absolute atomic E-state index is 0.000762. The quantitative estimate of drug-likeness (QED) is 0.534. The van der Waals surface area contributed by atoms with Crippen LogP contribution in [0.3, 0.4) is 0 Å². The van der Waals surface area contributed by atoms with E-state index in [2.05, 4.69) is 13.0 Å². The molecule has 0 saturated heterocycles. The van der Waals surface area contributed by atoms with Crippen molar-refractivity contribution in [3.63, 3.8) is 0 Å². The van der Waals surface area contributed by atoms with E-state index in [-0.39, 0.29) is 18.0 Å². The van der Waals surface area contributed by atoms with Gasteiger partial charge >= 0.3 is 5.97 Å². The molecule has 22 heavy (non-hydrogen) atoms. The summed E-state index contributed by atoms with van der Waals surface area (Å²) in [5, 5.41) is 0. The lowest BCUT2D eigenvalue weighted by Gasteiger charge is -2.32. The summed E-state index contributed by atoms with van der Waals surface area (Å²) in [6.07, 6.45) is 8.04. The van der Waals surface area contributed by atoms with E-state index in [4.69, 9.17) is 9.47 Å². The number of carbonyl (C=O) groups is 1. The number of hydrogen-bond donors (Lipinski definition) is 0. The Labute approximate surface area is 134 Å². The topological polar surface area (TPSA) is 35.5 Å². The highest BCUT2D eigenvalue weighted by Crippen LogP contribution is 2.39. The molecule has 2 atom stereocenters. The van der Waals surface area contributed by atoms with E-state index < -0.39 is 0 Å². The maximum absolute atomic E-state index is 12.1. The predicted molar refractivity (Wildman–Crippen MR) is 88.2 cm³/mol. The van der Waals surface area contributed by atoms with Gasteiger partial charge in [-0.15, -0.1) is 0 Å². The van der Waals surface area contributed by atoms with Crippen LogP contribution in [0.5, 0.6) is 5.75 Å². The third-order valence-corrected chi connectivity index (χ3v) is 4.51. The summed E-state index contributed by atoms with van der Waals surface area (Å²) in [5.74, 6) is 1.13. The number of methoxy groups -OCH3 is 1. The highest BCUT2D eigenvalue weighted by molar-refractivity contribution is 5.69. The number of unbranched alkanes of at least 4 members (excludes halogenated alkanes) is 2. The van der Waals surface area contributed by atoms with Gasteiger partial charge in [-0.3, -0.25) is 4.79 Å². The Morgan fingerprint density at radius 3 is 2.73 bits per heavy atom. The van der Waals surface area contributed by atoms with Crippen LogP contribution in [0.2, 0.25) is 0 Å². The SMILES string of the molecule is CCCCCC(=O)O[C@H]1CCCC[C@@H]1c1ccccc1OC. The Kier molecular flexibility index (Phi) is 6.75. The molecule has 0 radical (unpaired) electrons. The summed E-state index contributed by atoms with van der Waals surface area (Å²) < 4.78 is 11.3. The molecule has 0 bridgehead atoms. The lowest BCUT2D eigenvalue weighted by atomic mass is 9.81. The van der Waals surface area contributed by atoms with Gasteiger partial charge in [0.15, 0.2) is 0 Å². The molecule has 3 heteroatoms. The van der Waals surface area contributed by atoms with Crippen molar-refractivity contribution in [3.8, 4) is 5.75 Å². The zero-order valence-electron chi connectivity index (χ0n) is 13.8. The summed E-state index contributed by atoms with van der Waals surface area (Å²) in [5.41, 5.74) is 1.18. The molecule has 1 saturated carbocycles. The van der Waals surface area contributed by atoms with E-state index in [1.165, 1.54) is 12.0 Å². The van der Waals surface area contributed by atoms with Crippen molar-refractivity contribution in [1.29, 1.82) is 0 Å². The van der Waals surface area contributed by atoms with Crippen molar-refractivity contribution in [2.45, 2.75) is 70.3 Å². The van der Waals surface area contributed by atoms with Crippen LogP contribution in [-0.2, 0) is 9.53 Å². The number of ether oxygens (including phenoxy) is 2.